The molecule has 0 unspecified atom stereocenters. The van der Waals surface area contributed by atoms with Crippen molar-refractivity contribution >= 4 is 29.7 Å². The van der Waals surface area contributed by atoms with E-state index in [-0.39, 0.29) is 0 Å². The lowest BCUT2D eigenvalue weighted by atomic mass is 10.1. The van der Waals surface area contributed by atoms with Gasteiger partial charge in [0.2, 0.25) is 5.88 Å². The quantitative estimate of drug-likeness (QED) is 0.438. The Balaban J connectivity index is 1.85. The molecule has 0 N–H and O–H groups in total. The van der Waals surface area contributed by atoms with Gasteiger partial charge in [0.25, 0.3) is 0 Å². The van der Waals surface area contributed by atoms with Gasteiger partial charge in [-0.3, -0.25) is 14.4 Å². The molecule has 2 heterocycles. The molecule has 33 heavy (non-hydrogen) atoms. The second kappa shape index (κ2) is 11.0. The van der Waals surface area contributed by atoms with E-state index in [1.54, 1.807) is 25.4 Å². The fraction of sp³-hybridized carbons (Fsp3) is 0.391. The van der Waals surface area contributed by atoms with Crippen molar-refractivity contribution in [3.63, 3.8) is 0 Å². The largest absolute Gasteiger partial charge is 0.481 e. The van der Waals surface area contributed by atoms with Crippen molar-refractivity contribution in [3.8, 4) is 22.8 Å². The van der Waals surface area contributed by atoms with Crippen LogP contribution >= 0.6 is 11.8 Å². The minimum Gasteiger partial charge on any atom is -0.481 e. The first-order valence-electron chi connectivity index (χ1n) is 10.2. The van der Waals surface area contributed by atoms with Crippen LogP contribution in [0, 0.1) is 0 Å². The molecule has 1 aliphatic heterocycles. The Morgan fingerprint density at radius 3 is 2.21 bits per heavy atom. The Morgan fingerprint density at radius 1 is 0.909 bits per heavy atom. The predicted octanol–water partition coefficient (Wildman–Crippen LogP) is 3.00. The molecular formula is C23H25NO8S. The molecule has 0 radical (unpaired) electrons. The van der Waals surface area contributed by atoms with E-state index in [0.717, 1.165) is 11.1 Å². The number of aromatic nitrogens is 1. The number of rotatable bonds is 7. The summed E-state index contributed by atoms with van der Waals surface area (Å²) in [7, 11) is 1.55. The number of methoxy groups -OCH3 is 1. The standard InChI is InChI=1S/C23H25NO8S/c1-13(25)29-19-12-33-23(22(31-15(3)27)21(19)30-14(2)26)32-18-7-5-6-16(10-18)17-8-9-20(28-4)24-11-17/h5-11,19,21-23H,12H2,1-4H3/t19-,21+,22-,23-/m1/s1. The molecule has 0 spiro atoms. The highest BCUT2D eigenvalue weighted by Crippen LogP contribution is 2.35. The molecule has 10 heteroatoms. The average Bonchev–Trinajstić information content (AvgIpc) is 2.77. The number of benzene rings is 1. The van der Waals surface area contributed by atoms with E-state index in [4.69, 9.17) is 23.7 Å². The fourth-order valence-corrected chi connectivity index (χ4v) is 4.58. The molecule has 0 saturated carbocycles. The molecule has 1 aromatic carbocycles. The van der Waals surface area contributed by atoms with Crippen molar-refractivity contribution in [1.29, 1.82) is 0 Å². The van der Waals surface area contributed by atoms with E-state index >= 15 is 0 Å². The molecule has 1 aliphatic rings. The van der Waals surface area contributed by atoms with Crippen molar-refractivity contribution < 1.29 is 38.1 Å². The average molecular weight is 476 g/mol. The van der Waals surface area contributed by atoms with Crippen LogP contribution in [-0.4, -0.2) is 59.5 Å². The van der Waals surface area contributed by atoms with Crippen LogP contribution in [0.1, 0.15) is 20.8 Å². The van der Waals surface area contributed by atoms with Gasteiger partial charge in [0.1, 0.15) is 5.75 Å². The molecule has 176 valence electrons. The van der Waals surface area contributed by atoms with E-state index in [0.29, 0.717) is 17.4 Å². The van der Waals surface area contributed by atoms with Gasteiger partial charge < -0.3 is 23.7 Å². The third kappa shape index (κ3) is 6.61. The summed E-state index contributed by atoms with van der Waals surface area (Å²) in [4.78, 5) is 39.3. The van der Waals surface area contributed by atoms with Gasteiger partial charge in [-0.1, -0.05) is 12.1 Å². The van der Waals surface area contributed by atoms with Crippen LogP contribution in [-0.2, 0) is 28.6 Å². The first kappa shape index (κ1) is 24.4. The van der Waals surface area contributed by atoms with E-state index < -0.39 is 41.7 Å². The number of hydrogen-bond donors (Lipinski definition) is 0. The van der Waals surface area contributed by atoms with Crippen LogP contribution in [0.3, 0.4) is 0 Å². The zero-order chi connectivity index (χ0) is 24.0. The summed E-state index contributed by atoms with van der Waals surface area (Å²) in [6, 6.07) is 11.0. The Hall–Kier alpha value is -3.27. The van der Waals surface area contributed by atoms with Gasteiger partial charge in [-0.25, -0.2) is 4.98 Å². The molecule has 3 rings (SSSR count). The van der Waals surface area contributed by atoms with Gasteiger partial charge >= 0.3 is 17.9 Å². The molecule has 2 aromatic rings. The summed E-state index contributed by atoms with van der Waals surface area (Å²) in [5.41, 5.74) is 1.03. The number of nitrogens with zero attached hydrogens (tertiary/aromatic N) is 1. The molecule has 1 aromatic heterocycles. The first-order chi connectivity index (χ1) is 15.8. The summed E-state index contributed by atoms with van der Waals surface area (Å²) in [5.74, 6) is -0.373. The smallest absolute Gasteiger partial charge is 0.303 e. The molecule has 9 nitrogen and oxygen atoms in total. The second-order valence-corrected chi connectivity index (χ2v) is 8.36. The second-order valence-electron chi connectivity index (χ2n) is 7.23. The maximum Gasteiger partial charge on any atom is 0.303 e. The Bertz CT molecular complexity index is 996. The van der Waals surface area contributed by atoms with Crippen molar-refractivity contribution in [2.75, 3.05) is 12.9 Å². The highest BCUT2D eigenvalue weighted by Gasteiger charge is 2.47. The third-order valence-corrected chi connectivity index (χ3v) is 5.88. The van der Waals surface area contributed by atoms with Crippen LogP contribution < -0.4 is 9.47 Å². The van der Waals surface area contributed by atoms with Crippen molar-refractivity contribution in [2.45, 2.75) is 44.5 Å². The number of pyridine rings is 1. The predicted molar refractivity (Wildman–Crippen MR) is 120 cm³/mol. The number of esters is 3. The highest BCUT2D eigenvalue weighted by molar-refractivity contribution is 7.99. The number of carbonyl (C=O) groups excluding carboxylic acids is 3. The van der Waals surface area contributed by atoms with Gasteiger partial charge in [-0.05, 0) is 23.8 Å². The summed E-state index contributed by atoms with van der Waals surface area (Å²) in [5, 5.41) is 0. The monoisotopic (exact) mass is 475 g/mol. The summed E-state index contributed by atoms with van der Waals surface area (Å²) >= 11 is 1.30. The van der Waals surface area contributed by atoms with Crippen molar-refractivity contribution in [2.24, 2.45) is 0 Å². The fourth-order valence-electron chi connectivity index (χ4n) is 3.36. The van der Waals surface area contributed by atoms with Crippen molar-refractivity contribution in [1.82, 2.24) is 4.98 Å². The van der Waals surface area contributed by atoms with Crippen molar-refractivity contribution in [3.05, 3.63) is 42.6 Å². The normalized spacial score (nSPS) is 22.1. The molecule has 0 bridgehead atoms. The SMILES string of the molecule is COc1ccc(-c2cccc(O[C@@H]3SC[C@@H](OC(C)=O)[C@H](OC(C)=O)[C@H]3OC(C)=O)c2)cn1. The molecule has 1 fully saturated rings. The minimum absolute atomic E-state index is 0.294. The molecular weight excluding hydrogens is 450 g/mol. The lowest BCUT2D eigenvalue weighted by Gasteiger charge is -2.39. The van der Waals surface area contributed by atoms with Gasteiger partial charge in [0, 0.05) is 44.4 Å². The van der Waals surface area contributed by atoms with E-state index in [9.17, 15) is 14.4 Å². The van der Waals surface area contributed by atoms with Crippen LogP contribution in [0.25, 0.3) is 11.1 Å². The summed E-state index contributed by atoms with van der Waals surface area (Å²) in [6.07, 6.45) is -1.08. The molecule has 1 saturated heterocycles. The van der Waals surface area contributed by atoms with Crippen LogP contribution in [0.2, 0.25) is 0 Å². The third-order valence-electron chi connectivity index (χ3n) is 4.67. The zero-order valence-corrected chi connectivity index (χ0v) is 19.5. The first-order valence-corrected chi connectivity index (χ1v) is 11.2. The maximum atomic E-state index is 11.8. The number of thioether (sulfide) groups is 1. The van der Waals surface area contributed by atoms with Gasteiger partial charge in [-0.15, -0.1) is 11.8 Å². The van der Waals surface area contributed by atoms with Crippen LogP contribution in [0.4, 0.5) is 0 Å². The van der Waals surface area contributed by atoms with E-state index in [1.165, 1.54) is 32.5 Å². The summed E-state index contributed by atoms with van der Waals surface area (Å²) < 4.78 is 27.4. The van der Waals surface area contributed by atoms with Gasteiger partial charge in [0.15, 0.2) is 23.7 Å². The summed E-state index contributed by atoms with van der Waals surface area (Å²) in [6.45, 7) is 3.75. The molecule has 0 aliphatic carbocycles. The topological polar surface area (TPSA) is 110 Å². The molecule has 0 amide bonds. The number of hydrogen-bond acceptors (Lipinski definition) is 10. The Kier molecular flexibility index (Phi) is 8.16. The Morgan fingerprint density at radius 2 is 1.61 bits per heavy atom. The lowest BCUT2D eigenvalue weighted by molar-refractivity contribution is -0.186. The zero-order valence-electron chi connectivity index (χ0n) is 18.7. The van der Waals surface area contributed by atoms with Gasteiger partial charge in [-0.2, -0.15) is 0 Å². The van der Waals surface area contributed by atoms with Crippen LogP contribution in [0.15, 0.2) is 42.6 Å². The van der Waals surface area contributed by atoms with Crippen LogP contribution in [0.5, 0.6) is 11.6 Å². The molecule has 4 atom stereocenters. The van der Waals surface area contributed by atoms with Gasteiger partial charge in [0.05, 0.1) is 7.11 Å². The lowest BCUT2D eigenvalue weighted by Crippen LogP contribution is -2.55. The van der Waals surface area contributed by atoms with E-state index in [2.05, 4.69) is 4.98 Å². The maximum absolute atomic E-state index is 11.8. The van der Waals surface area contributed by atoms with E-state index in [1.807, 2.05) is 24.3 Å². The number of carbonyl (C=O) groups is 3. The number of ether oxygens (including phenoxy) is 5. The highest BCUT2D eigenvalue weighted by atomic mass is 32.2. The minimum atomic E-state index is -1.00. The Labute approximate surface area is 195 Å².